The van der Waals surface area contributed by atoms with E-state index in [4.69, 9.17) is 11.6 Å². The topological polar surface area (TPSA) is 50.0 Å². The Morgan fingerprint density at radius 3 is 2.32 bits per heavy atom. The molecule has 1 N–H and O–H groups in total. The van der Waals surface area contributed by atoms with E-state index in [1.54, 1.807) is 53.4 Å². The van der Waals surface area contributed by atoms with E-state index in [-0.39, 0.29) is 18.2 Å². The van der Waals surface area contributed by atoms with E-state index in [9.17, 15) is 9.59 Å². The quantitative estimate of drug-likeness (QED) is 0.562. The van der Waals surface area contributed by atoms with Crippen molar-refractivity contribution in [1.82, 2.24) is 0 Å². The molecule has 3 rings (SSSR count). The zero-order valence-corrected chi connectivity index (χ0v) is 14.1. The van der Waals surface area contributed by atoms with Crippen molar-refractivity contribution in [1.29, 1.82) is 0 Å². The number of aromatic nitrogens is 1. The lowest BCUT2D eigenvalue weighted by molar-refractivity contribution is -0.683. The fourth-order valence-electron chi connectivity index (χ4n) is 2.37. The van der Waals surface area contributed by atoms with E-state index in [0.29, 0.717) is 16.1 Å². The van der Waals surface area contributed by atoms with Gasteiger partial charge >= 0.3 is 0 Å². The molecule has 4 nitrogen and oxygen atoms in total. The number of anilines is 1. The molecule has 0 unspecified atom stereocenters. The SMILES string of the molecule is O=C(C[n+]1cccc(C(=O)Nc2ccccc2)c1)c1ccc(Cl)cc1. The number of nitrogens with zero attached hydrogens (tertiary/aromatic N) is 1. The van der Waals surface area contributed by atoms with Gasteiger partial charge in [0.25, 0.3) is 5.91 Å². The molecule has 0 spiro atoms. The Morgan fingerprint density at radius 1 is 0.880 bits per heavy atom. The molecule has 0 saturated carbocycles. The van der Waals surface area contributed by atoms with E-state index in [1.807, 2.05) is 30.3 Å². The van der Waals surface area contributed by atoms with Crippen LogP contribution in [0, 0.1) is 0 Å². The molecule has 2 aromatic carbocycles. The van der Waals surface area contributed by atoms with Gasteiger partial charge in [0.1, 0.15) is 5.56 Å². The summed E-state index contributed by atoms with van der Waals surface area (Å²) in [5, 5.41) is 3.41. The average Bonchev–Trinajstić information content (AvgIpc) is 2.63. The summed E-state index contributed by atoms with van der Waals surface area (Å²) in [6.45, 7) is 0.147. The number of nitrogens with one attached hydrogen (secondary N) is 1. The summed E-state index contributed by atoms with van der Waals surface area (Å²) in [5.41, 5.74) is 1.78. The van der Waals surface area contributed by atoms with Crippen molar-refractivity contribution >= 4 is 29.0 Å². The highest BCUT2D eigenvalue weighted by Crippen LogP contribution is 2.10. The lowest BCUT2D eigenvalue weighted by Crippen LogP contribution is -2.38. The van der Waals surface area contributed by atoms with E-state index < -0.39 is 0 Å². The highest BCUT2D eigenvalue weighted by Gasteiger charge is 2.15. The van der Waals surface area contributed by atoms with Gasteiger partial charge in [-0.05, 0) is 42.5 Å². The van der Waals surface area contributed by atoms with Crippen LogP contribution in [0.15, 0.2) is 79.1 Å². The zero-order chi connectivity index (χ0) is 17.6. The number of pyridine rings is 1. The normalized spacial score (nSPS) is 10.3. The van der Waals surface area contributed by atoms with Crippen molar-refractivity contribution in [2.24, 2.45) is 0 Å². The molecule has 124 valence electrons. The van der Waals surface area contributed by atoms with Crippen LogP contribution in [-0.4, -0.2) is 11.7 Å². The molecule has 0 atom stereocenters. The number of carbonyl (C=O) groups excluding carboxylic acids is 2. The molecule has 1 amide bonds. The van der Waals surface area contributed by atoms with Gasteiger partial charge in [0.2, 0.25) is 12.3 Å². The van der Waals surface area contributed by atoms with Crippen LogP contribution in [-0.2, 0) is 6.54 Å². The standard InChI is InChI=1S/C20H15ClN2O2/c21-17-10-8-15(9-11-17)19(24)14-23-12-4-5-16(13-23)20(25)22-18-6-2-1-3-7-18/h1-13H,14H2/p+1. The Morgan fingerprint density at radius 2 is 1.60 bits per heavy atom. The van der Waals surface area contributed by atoms with Gasteiger partial charge in [-0.3, -0.25) is 9.59 Å². The van der Waals surface area contributed by atoms with Crippen molar-refractivity contribution in [3.63, 3.8) is 0 Å². The second-order valence-corrected chi connectivity index (χ2v) is 5.95. The second-order valence-electron chi connectivity index (χ2n) is 5.52. The molecule has 0 saturated heterocycles. The van der Waals surface area contributed by atoms with Gasteiger partial charge in [-0.2, -0.15) is 4.57 Å². The molecule has 1 heterocycles. The Bertz CT molecular complexity index is 893. The number of amides is 1. The third kappa shape index (κ3) is 4.52. The Labute approximate surface area is 150 Å². The van der Waals surface area contributed by atoms with Crippen LogP contribution >= 0.6 is 11.6 Å². The van der Waals surface area contributed by atoms with E-state index >= 15 is 0 Å². The molecule has 0 bridgehead atoms. The summed E-state index contributed by atoms with van der Waals surface area (Å²) in [5.74, 6) is -0.276. The minimum Gasteiger partial charge on any atom is -0.322 e. The first kappa shape index (κ1) is 16.9. The van der Waals surface area contributed by atoms with Crippen LogP contribution < -0.4 is 9.88 Å². The number of hydrogen-bond acceptors (Lipinski definition) is 2. The largest absolute Gasteiger partial charge is 0.322 e. The minimum absolute atomic E-state index is 0.0534. The maximum atomic E-state index is 12.3. The second kappa shape index (κ2) is 7.73. The van der Waals surface area contributed by atoms with Gasteiger partial charge in [0, 0.05) is 22.3 Å². The van der Waals surface area contributed by atoms with Gasteiger partial charge in [-0.1, -0.05) is 29.8 Å². The number of benzene rings is 2. The van der Waals surface area contributed by atoms with Crippen LogP contribution in [0.1, 0.15) is 20.7 Å². The van der Waals surface area contributed by atoms with Gasteiger partial charge in [0.05, 0.1) is 0 Å². The minimum atomic E-state index is -0.223. The van der Waals surface area contributed by atoms with Gasteiger partial charge in [-0.25, -0.2) is 0 Å². The van der Waals surface area contributed by atoms with Gasteiger partial charge < -0.3 is 5.32 Å². The van der Waals surface area contributed by atoms with Crippen molar-refractivity contribution < 1.29 is 14.2 Å². The van der Waals surface area contributed by atoms with Crippen molar-refractivity contribution in [2.75, 3.05) is 5.32 Å². The molecule has 0 aliphatic carbocycles. The van der Waals surface area contributed by atoms with Gasteiger partial charge in [-0.15, -0.1) is 0 Å². The monoisotopic (exact) mass is 351 g/mol. The average molecular weight is 352 g/mol. The molecule has 5 heteroatoms. The van der Waals surface area contributed by atoms with Crippen LogP contribution in [0.5, 0.6) is 0 Å². The third-order valence-corrected chi connectivity index (χ3v) is 3.90. The highest BCUT2D eigenvalue weighted by atomic mass is 35.5. The Hall–Kier alpha value is -2.98. The highest BCUT2D eigenvalue weighted by molar-refractivity contribution is 6.30. The number of carbonyl (C=O) groups is 2. The lowest BCUT2D eigenvalue weighted by atomic mass is 10.1. The first-order valence-corrected chi connectivity index (χ1v) is 8.14. The molecule has 0 radical (unpaired) electrons. The molecule has 25 heavy (non-hydrogen) atoms. The Balaban J connectivity index is 1.71. The maximum Gasteiger partial charge on any atom is 0.261 e. The van der Waals surface area contributed by atoms with Gasteiger partial charge in [0.15, 0.2) is 12.4 Å². The van der Waals surface area contributed by atoms with E-state index in [1.165, 1.54) is 0 Å². The van der Waals surface area contributed by atoms with Crippen LogP contribution in [0.3, 0.4) is 0 Å². The third-order valence-electron chi connectivity index (χ3n) is 3.64. The van der Waals surface area contributed by atoms with E-state index in [2.05, 4.69) is 5.32 Å². The Kier molecular flexibility index (Phi) is 5.21. The van der Waals surface area contributed by atoms with Crippen LogP contribution in [0.2, 0.25) is 5.02 Å². The molecular weight excluding hydrogens is 336 g/mol. The fraction of sp³-hybridized carbons (Fsp3) is 0.0500. The number of Topliss-reactive ketones (excluding diaryl/α,β-unsaturated/α-hetero) is 1. The number of hydrogen-bond donors (Lipinski definition) is 1. The first-order chi connectivity index (χ1) is 12.1. The maximum absolute atomic E-state index is 12.3. The smallest absolute Gasteiger partial charge is 0.261 e. The number of rotatable bonds is 5. The molecule has 0 aliphatic rings. The van der Waals surface area contributed by atoms with E-state index in [0.717, 1.165) is 5.69 Å². The summed E-state index contributed by atoms with van der Waals surface area (Å²) < 4.78 is 1.69. The molecule has 0 fully saturated rings. The molecular formula is C20H16ClN2O2+. The van der Waals surface area contributed by atoms with Crippen LogP contribution in [0.4, 0.5) is 5.69 Å². The predicted molar refractivity (Wildman–Crippen MR) is 96.8 cm³/mol. The lowest BCUT2D eigenvalue weighted by Gasteiger charge is -2.04. The fourth-order valence-corrected chi connectivity index (χ4v) is 2.50. The summed E-state index contributed by atoms with van der Waals surface area (Å²) >= 11 is 5.84. The number of para-hydroxylation sites is 1. The predicted octanol–water partition coefficient (Wildman–Crippen LogP) is 3.76. The van der Waals surface area contributed by atoms with Crippen LogP contribution in [0.25, 0.3) is 0 Å². The summed E-state index contributed by atoms with van der Waals surface area (Å²) in [7, 11) is 0. The number of ketones is 1. The van der Waals surface area contributed by atoms with Crippen molar-refractivity contribution in [3.05, 3.63) is 95.3 Å². The first-order valence-electron chi connectivity index (χ1n) is 7.76. The molecule has 0 aliphatic heterocycles. The summed E-state index contributed by atoms with van der Waals surface area (Å²) in [6, 6.07) is 19.4. The molecule has 3 aromatic rings. The van der Waals surface area contributed by atoms with Crippen molar-refractivity contribution in [3.8, 4) is 0 Å². The molecule has 1 aromatic heterocycles. The zero-order valence-electron chi connectivity index (χ0n) is 13.4. The summed E-state index contributed by atoms with van der Waals surface area (Å²) in [6.07, 6.45) is 3.42. The van der Waals surface area contributed by atoms with Crippen molar-refractivity contribution in [2.45, 2.75) is 6.54 Å². The summed E-state index contributed by atoms with van der Waals surface area (Å²) in [4.78, 5) is 24.7. The number of halogens is 1.